The molecular weight excluding hydrogens is 150 g/mol. The van der Waals surface area contributed by atoms with E-state index in [1.807, 2.05) is 0 Å². The van der Waals surface area contributed by atoms with E-state index in [0.717, 1.165) is 12.8 Å². The van der Waals surface area contributed by atoms with Crippen LogP contribution in [0, 0.1) is 18.3 Å². The number of hydrogen-bond donors (Lipinski definition) is 1. The van der Waals surface area contributed by atoms with Gasteiger partial charge < -0.3 is 5.73 Å². The lowest BCUT2D eigenvalue weighted by Crippen LogP contribution is -2.23. The van der Waals surface area contributed by atoms with Gasteiger partial charge in [0.1, 0.15) is 5.78 Å². The Labute approximate surface area is 74.5 Å². The van der Waals surface area contributed by atoms with E-state index in [9.17, 15) is 4.79 Å². The molecule has 0 aliphatic heterocycles. The van der Waals surface area contributed by atoms with Crippen molar-refractivity contribution >= 4 is 5.78 Å². The minimum atomic E-state index is 0.0309. The summed E-state index contributed by atoms with van der Waals surface area (Å²) in [6, 6.07) is 0. The van der Waals surface area contributed by atoms with E-state index in [0.29, 0.717) is 19.4 Å². The van der Waals surface area contributed by atoms with Gasteiger partial charge in [0.2, 0.25) is 0 Å². The Bertz CT molecular complexity index is 169. The first kappa shape index (κ1) is 11.2. The molecule has 0 fully saturated rings. The Morgan fingerprint density at radius 2 is 2.33 bits per heavy atom. The molecule has 0 aliphatic carbocycles. The molecule has 2 nitrogen and oxygen atoms in total. The first-order valence-electron chi connectivity index (χ1n) is 4.42. The Balaban J connectivity index is 3.78. The maximum absolute atomic E-state index is 11.3. The predicted octanol–water partition coefficient (Wildman–Crippen LogP) is 1.34. The molecule has 0 rings (SSSR count). The van der Waals surface area contributed by atoms with Crippen LogP contribution in [-0.4, -0.2) is 12.3 Å². The molecule has 12 heavy (non-hydrogen) atoms. The number of rotatable bonds is 6. The van der Waals surface area contributed by atoms with Crippen LogP contribution in [0.5, 0.6) is 0 Å². The zero-order chi connectivity index (χ0) is 9.40. The van der Waals surface area contributed by atoms with Gasteiger partial charge in [-0.2, -0.15) is 0 Å². The van der Waals surface area contributed by atoms with Crippen molar-refractivity contribution in [3.8, 4) is 12.3 Å². The van der Waals surface area contributed by atoms with Crippen LogP contribution in [-0.2, 0) is 4.79 Å². The van der Waals surface area contributed by atoms with Crippen molar-refractivity contribution < 1.29 is 4.79 Å². The first-order chi connectivity index (χ1) is 5.76. The van der Waals surface area contributed by atoms with Gasteiger partial charge >= 0.3 is 0 Å². The van der Waals surface area contributed by atoms with Gasteiger partial charge in [0.25, 0.3) is 0 Å². The molecule has 0 spiro atoms. The molecule has 0 heterocycles. The fourth-order valence-corrected chi connectivity index (χ4v) is 1.16. The van der Waals surface area contributed by atoms with Gasteiger partial charge in [0.15, 0.2) is 0 Å². The second kappa shape index (κ2) is 6.87. The monoisotopic (exact) mass is 167 g/mol. The van der Waals surface area contributed by atoms with Crippen molar-refractivity contribution in [3.63, 3.8) is 0 Å². The fourth-order valence-electron chi connectivity index (χ4n) is 1.16. The van der Waals surface area contributed by atoms with Crippen molar-refractivity contribution in [2.24, 2.45) is 11.7 Å². The van der Waals surface area contributed by atoms with Crippen molar-refractivity contribution in [1.82, 2.24) is 0 Å². The SMILES string of the molecule is C#CCCC(=O)C(CN)CCC. The van der Waals surface area contributed by atoms with Crippen LogP contribution in [0.2, 0.25) is 0 Å². The zero-order valence-corrected chi connectivity index (χ0v) is 7.68. The summed E-state index contributed by atoms with van der Waals surface area (Å²) in [7, 11) is 0. The van der Waals surface area contributed by atoms with Crippen LogP contribution in [0.25, 0.3) is 0 Å². The maximum atomic E-state index is 11.3. The molecule has 1 unspecified atom stereocenters. The van der Waals surface area contributed by atoms with E-state index in [4.69, 9.17) is 12.2 Å². The Kier molecular flexibility index (Phi) is 6.41. The normalized spacial score (nSPS) is 12.1. The van der Waals surface area contributed by atoms with Crippen LogP contribution in [0.4, 0.5) is 0 Å². The summed E-state index contributed by atoms with van der Waals surface area (Å²) in [4.78, 5) is 11.3. The van der Waals surface area contributed by atoms with E-state index in [2.05, 4.69) is 12.8 Å². The second-order valence-electron chi connectivity index (χ2n) is 2.89. The summed E-state index contributed by atoms with van der Waals surface area (Å²) in [5.41, 5.74) is 5.46. The number of terminal acetylenes is 1. The minimum Gasteiger partial charge on any atom is -0.330 e. The van der Waals surface area contributed by atoms with Crippen molar-refractivity contribution in [1.29, 1.82) is 0 Å². The van der Waals surface area contributed by atoms with Crippen molar-refractivity contribution in [2.45, 2.75) is 32.6 Å². The summed E-state index contributed by atoms with van der Waals surface area (Å²) >= 11 is 0. The molecule has 2 N–H and O–H groups in total. The molecule has 0 aromatic heterocycles. The molecule has 0 aliphatic rings. The average molecular weight is 167 g/mol. The lowest BCUT2D eigenvalue weighted by atomic mass is 9.96. The Morgan fingerprint density at radius 1 is 1.67 bits per heavy atom. The van der Waals surface area contributed by atoms with Gasteiger partial charge in [-0.25, -0.2) is 0 Å². The van der Waals surface area contributed by atoms with Crippen LogP contribution >= 0.6 is 0 Å². The quantitative estimate of drug-likeness (QED) is 0.607. The Morgan fingerprint density at radius 3 is 2.75 bits per heavy atom. The molecule has 0 aromatic rings. The van der Waals surface area contributed by atoms with Gasteiger partial charge in [-0.1, -0.05) is 13.3 Å². The van der Waals surface area contributed by atoms with E-state index in [-0.39, 0.29) is 11.7 Å². The third-order valence-electron chi connectivity index (χ3n) is 1.89. The summed E-state index contributed by atoms with van der Waals surface area (Å²) in [6.07, 6.45) is 7.98. The second-order valence-corrected chi connectivity index (χ2v) is 2.89. The summed E-state index contributed by atoms with van der Waals surface area (Å²) in [5, 5.41) is 0. The fraction of sp³-hybridized carbons (Fsp3) is 0.700. The van der Waals surface area contributed by atoms with Gasteiger partial charge in [0, 0.05) is 25.3 Å². The highest BCUT2D eigenvalue weighted by molar-refractivity contribution is 5.81. The molecule has 1 atom stereocenters. The van der Waals surface area contributed by atoms with Gasteiger partial charge in [0.05, 0.1) is 0 Å². The van der Waals surface area contributed by atoms with E-state index >= 15 is 0 Å². The molecule has 0 saturated carbocycles. The number of carbonyl (C=O) groups excluding carboxylic acids is 1. The smallest absolute Gasteiger partial charge is 0.138 e. The molecular formula is C10H17NO. The van der Waals surface area contributed by atoms with Crippen LogP contribution in [0.15, 0.2) is 0 Å². The highest BCUT2D eigenvalue weighted by atomic mass is 16.1. The number of hydrogen-bond acceptors (Lipinski definition) is 2. The number of carbonyl (C=O) groups is 1. The van der Waals surface area contributed by atoms with Gasteiger partial charge in [-0.3, -0.25) is 4.79 Å². The van der Waals surface area contributed by atoms with Crippen LogP contribution < -0.4 is 5.73 Å². The highest BCUT2D eigenvalue weighted by Crippen LogP contribution is 2.09. The lowest BCUT2D eigenvalue weighted by molar-refractivity contribution is -0.122. The maximum Gasteiger partial charge on any atom is 0.138 e. The first-order valence-corrected chi connectivity index (χ1v) is 4.42. The summed E-state index contributed by atoms with van der Waals surface area (Å²) in [6.45, 7) is 2.51. The molecule has 0 aromatic carbocycles. The van der Waals surface area contributed by atoms with Crippen LogP contribution in [0.3, 0.4) is 0 Å². The molecule has 0 amide bonds. The van der Waals surface area contributed by atoms with Gasteiger partial charge in [-0.05, 0) is 6.42 Å². The molecule has 2 heteroatoms. The highest BCUT2D eigenvalue weighted by Gasteiger charge is 2.14. The van der Waals surface area contributed by atoms with Gasteiger partial charge in [-0.15, -0.1) is 12.3 Å². The lowest BCUT2D eigenvalue weighted by Gasteiger charge is -2.10. The van der Waals surface area contributed by atoms with E-state index < -0.39 is 0 Å². The predicted molar refractivity (Wildman–Crippen MR) is 50.5 cm³/mol. The minimum absolute atomic E-state index is 0.0309. The Hall–Kier alpha value is -0.810. The number of nitrogens with two attached hydrogens (primary N) is 1. The van der Waals surface area contributed by atoms with E-state index in [1.54, 1.807) is 0 Å². The number of Topliss-reactive ketones (excluding diaryl/α,β-unsaturated/α-hetero) is 1. The molecule has 0 radical (unpaired) electrons. The third kappa shape index (κ3) is 4.15. The van der Waals surface area contributed by atoms with Crippen molar-refractivity contribution in [2.75, 3.05) is 6.54 Å². The molecule has 0 saturated heterocycles. The topological polar surface area (TPSA) is 43.1 Å². The largest absolute Gasteiger partial charge is 0.330 e. The standard InChI is InChI=1S/C10H17NO/c1-3-5-7-10(12)9(8-11)6-4-2/h1,9H,4-8,11H2,2H3. The zero-order valence-electron chi connectivity index (χ0n) is 7.68. The summed E-state index contributed by atoms with van der Waals surface area (Å²) in [5.74, 6) is 2.71. The third-order valence-corrected chi connectivity index (χ3v) is 1.89. The molecule has 68 valence electrons. The molecule has 0 bridgehead atoms. The van der Waals surface area contributed by atoms with E-state index in [1.165, 1.54) is 0 Å². The summed E-state index contributed by atoms with van der Waals surface area (Å²) < 4.78 is 0. The number of ketones is 1. The van der Waals surface area contributed by atoms with Crippen molar-refractivity contribution in [3.05, 3.63) is 0 Å². The average Bonchev–Trinajstić information content (AvgIpc) is 2.10. The van der Waals surface area contributed by atoms with Crippen LogP contribution in [0.1, 0.15) is 32.6 Å².